The van der Waals surface area contributed by atoms with E-state index in [2.05, 4.69) is 20.9 Å². The molecule has 1 aromatic carbocycles. The van der Waals surface area contributed by atoms with Gasteiger partial charge in [-0.2, -0.15) is 26.3 Å². The number of aromatic nitrogens is 1. The van der Waals surface area contributed by atoms with Gasteiger partial charge in [-0.05, 0) is 18.2 Å². The molecule has 1 aromatic heterocycles. The Labute approximate surface area is 204 Å². The average Bonchev–Trinajstić information content (AvgIpc) is 3.21. The fraction of sp³-hybridized carbons (Fsp3) is 0.381. The minimum atomic E-state index is -4.83. The van der Waals surface area contributed by atoms with Crippen LogP contribution in [0.25, 0.3) is 0 Å². The zero-order chi connectivity index (χ0) is 26.7. The zero-order valence-electron chi connectivity index (χ0n) is 18.1. The number of amides is 2. The van der Waals surface area contributed by atoms with E-state index in [4.69, 9.17) is 16.3 Å². The van der Waals surface area contributed by atoms with E-state index in [1.807, 2.05) is 0 Å². The minimum absolute atomic E-state index is 0.0229. The molecule has 3 N–H and O–H groups in total. The van der Waals surface area contributed by atoms with Crippen LogP contribution in [0.5, 0.6) is 0 Å². The van der Waals surface area contributed by atoms with Gasteiger partial charge in [0.2, 0.25) is 11.8 Å². The molecule has 1 saturated heterocycles. The third-order valence-electron chi connectivity index (χ3n) is 5.12. The number of rotatable bonds is 7. The molecule has 36 heavy (non-hydrogen) atoms. The number of carbonyl (C=O) groups excluding carboxylic acids is 2. The van der Waals surface area contributed by atoms with Crippen molar-refractivity contribution < 1.29 is 45.1 Å². The van der Waals surface area contributed by atoms with Crippen LogP contribution in [0.2, 0.25) is 5.02 Å². The van der Waals surface area contributed by atoms with Gasteiger partial charge in [-0.15, -0.1) is 0 Å². The fourth-order valence-corrected chi connectivity index (χ4v) is 3.66. The average molecular weight is 543 g/mol. The Morgan fingerprint density at radius 3 is 2.47 bits per heavy atom. The van der Waals surface area contributed by atoms with Crippen molar-refractivity contribution in [3.05, 3.63) is 52.6 Å². The normalized spacial score (nSPS) is 18.1. The third-order valence-corrected chi connectivity index (χ3v) is 5.45. The lowest BCUT2D eigenvalue weighted by molar-refractivity contribution is -0.156. The first-order valence-electron chi connectivity index (χ1n) is 10.2. The summed E-state index contributed by atoms with van der Waals surface area (Å²) in [6.07, 6.45) is -10.4. The van der Waals surface area contributed by atoms with Crippen LogP contribution in [-0.4, -0.2) is 41.7 Å². The summed E-state index contributed by atoms with van der Waals surface area (Å²) in [7, 11) is 0. The topological polar surface area (TPSA) is 92.4 Å². The molecule has 0 spiro atoms. The molecule has 2 aromatic rings. The Morgan fingerprint density at radius 2 is 1.89 bits per heavy atom. The number of nitrogens with zero attached hydrogens (tertiary/aromatic N) is 1. The number of para-hydroxylation sites is 1. The summed E-state index contributed by atoms with van der Waals surface area (Å²) >= 11 is 6.11. The van der Waals surface area contributed by atoms with Gasteiger partial charge in [0.15, 0.2) is 0 Å². The van der Waals surface area contributed by atoms with E-state index >= 15 is 0 Å². The molecular formula is C21H18ClF7N4O3. The van der Waals surface area contributed by atoms with Crippen LogP contribution in [0.1, 0.15) is 24.1 Å². The minimum Gasteiger partial charge on any atom is -0.378 e. The Balaban J connectivity index is 1.70. The van der Waals surface area contributed by atoms with Gasteiger partial charge < -0.3 is 20.7 Å². The van der Waals surface area contributed by atoms with E-state index in [0.717, 1.165) is 24.4 Å². The standard InChI is InChI=1S/C21H18ClF7N4O3/c22-13-6-11(32-17-12(21(27,28)29)2-1-3-14(17)23)8-30-15(13)9-31-18(35)19(4-5-36-10-19)33-16(34)7-20(24,25)26/h1-3,6,8,32H,4-5,7,9-10H2,(H,31,35)(H,33,34)/t19-/m0/s1. The van der Waals surface area contributed by atoms with Crippen LogP contribution in [0.3, 0.4) is 0 Å². The summed E-state index contributed by atoms with van der Waals surface area (Å²) in [6, 6.07) is 3.60. The van der Waals surface area contributed by atoms with E-state index in [0.29, 0.717) is 6.07 Å². The number of benzene rings is 1. The van der Waals surface area contributed by atoms with Gasteiger partial charge in [0.1, 0.15) is 17.8 Å². The summed E-state index contributed by atoms with van der Waals surface area (Å²) in [5.74, 6) is -3.40. The van der Waals surface area contributed by atoms with Gasteiger partial charge >= 0.3 is 12.4 Å². The largest absolute Gasteiger partial charge is 0.418 e. The molecule has 2 amide bonds. The van der Waals surface area contributed by atoms with Gasteiger partial charge in [0.05, 0.1) is 47.0 Å². The second-order valence-corrected chi connectivity index (χ2v) is 8.25. The molecule has 0 radical (unpaired) electrons. The van der Waals surface area contributed by atoms with Crippen LogP contribution in [-0.2, 0) is 27.0 Å². The zero-order valence-corrected chi connectivity index (χ0v) is 18.9. The van der Waals surface area contributed by atoms with Crippen molar-refractivity contribution in [1.82, 2.24) is 15.6 Å². The Morgan fingerprint density at radius 1 is 1.17 bits per heavy atom. The Bertz CT molecular complexity index is 1140. The van der Waals surface area contributed by atoms with Crippen molar-refractivity contribution >= 4 is 34.8 Å². The first-order valence-corrected chi connectivity index (χ1v) is 10.6. The number of alkyl halides is 6. The summed E-state index contributed by atoms with van der Waals surface area (Å²) in [4.78, 5) is 28.4. The number of hydrogen-bond donors (Lipinski definition) is 3. The molecule has 15 heteroatoms. The van der Waals surface area contributed by atoms with E-state index in [9.17, 15) is 40.3 Å². The molecular weight excluding hydrogens is 525 g/mol. The summed E-state index contributed by atoms with van der Waals surface area (Å²) in [5.41, 5.74) is -3.83. The van der Waals surface area contributed by atoms with Crippen LogP contribution in [0, 0.1) is 5.82 Å². The van der Waals surface area contributed by atoms with Crippen LogP contribution < -0.4 is 16.0 Å². The third kappa shape index (κ3) is 6.75. The highest BCUT2D eigenvalue weighted by Gasteiger charge is 2.45. The number of nitrogens with one attached hydrogen (secondary N) is 3. The van der Waals surface area contributed by atoms with Crippen molar-refractivity contribution in [2.45, 2.75) is 37.3 Å². The fourth-order valence-electron chi connectivity index (χ4n) is 3.42. The maximum absolute atomic E-state index is 14.1. The van der Waals surface area contributed by atoms with Crippen molar-refractivity contribution in [3.8, 4) is 0 Å². The summed E-state index contributed by atoms with van der Waals surface area (Å²) in [5, 5.41) is 6.66. The second-order valence-electron chi connectivity index (χ2n) is 7.85. The van der Waals surface area contributed by atoms with Gasteiger partial charge in [0.25, 0.3) is 0 Å². The van der Waals surface area contributed by atoms with Crippen LogP contribution in [0.4, 0.5) is 42.1 Å². The lowest BCUT2D eigenvalue weighted by Gasteiger charge is -2.27. The van der Waals surface area contributed by atoms with E-state index in [-0.39, 0.29) is 42.6 Å². The Kier molecular flexibility index (Phi) is 7.98. The molecule has 0 bridgehead atoms. The van der Waals surface area contributed by atoms with Crippen LogP contribution in [0.15, 0.2) is 30.5 Å². The summed E-state index contributed by atoms with van der Waals surface area (Å²) < 4.78 is 96.2. The number of halogens is 8. The van der Waals surface area contributed by atoms with Crippen LogP contribution >= 0.6 is 11.6 Å². The van der Waals surface area contributed by atoms with E-state index in [1.54, 1.807) is 0 Å². The predicted molar refractivity (Wildman–Crippen MR) is 113 cm³/mol. The van der Waals surface area contributed by atoms with Crippen molar-refractivity contribution in [3.63, 3.8) is 0 Å². The molecule has 1 aliphatic rings. The highest BCUT2D eigenvalue weighted by Crippen LogP contribution is 2.37. The second kappa shape index (κ2) is 10.5. The van der Waals surface area contributed by atoms with Crippen molar-refractivity contribution in [2.75, 3.05) is 18.5 Å². The molecule has 2 heterocycles. The number of hydrogen-bond acceptors (Lipinski definition) is 5. The maximum Gasteiger partial charge on any atom is 0.418 e. The molecule has 1 atom stereocenters. The van der Waals surface area contributed by atoms with Crippen molar-refractivity contribution in [1.29, 1.82) is 0 Å². The predicted octanol–water partition coefficient (Wildman–Crippen LogP) is 4.48. The molecule has 7 nitrogen and oxygen atoms in total. The maximum atomic E-state index is 14.1. The monoisotopic (exact) mass is 542 g/mol. The molecule has 1 aliphatic heterocycles. The lowest BCUT2D eigenvalue weighted by atomic mass is 9.97. The number of anilines is 2. The van der Waals surface area contributed by atoms with E-state index < -0.39 is 53.2 Å². The smallest absolute Gasteiger partial charge is 0.378 e. The number of ether oxygens (including phenoxy) is 1. The van der Waals surface area contributed by atoms with Gasteiger partial charge in [-0.25, -0.2) is 4.39 Å². The summed E-state index contributed by atoms with van der Waals surface area (Å²) in [6.45, 7) is -0.659. The van der Waals surface area contributed by atoms with Gasteiger partial charge in [-0.1, -0.05) is 17.7 Å². The van der Waals surface area contributed by atoms with Gasteiger partial charge in [0, 0.05) is 13.0 Å². The lowest BCUT2D eigenvalue weighted by Crippen LogP contribution is -2.59. The van der Waals surface area contributed by atoms with E-state index in [1.165, 1.54) is 0 Å². The first kappa shape index (κ1) is 27.5. The molecule has 0 unspecified atom stereocenters. The van der Waals surface area contributed by atoms with Crippen molar-refractivity contribution in [2.24, 2.45) is 0 Å². The number of carbonyl (C=O) groups is 2. The highest BCUT2D eigenvalue weighted by molar-refractivity contribution is 6.31. The number of pyridine rings is 1. The molecule has 3 rings (SSSR count). The molecule has 196 valence electrons. The quantitative estimate of drug-likeness (QED) is 0.449. The first-order chi connectivity index (χ1) is 16.7. The molecule has 0 aliphatic carbocycles. The molecule has 0 saturated carbocycles. The Hall–Kier alpha value is -3.13. The van der Waals surface area contributed by atoms with Gasteiger partial charge in [-0.3, -0.25) is 14.6 Å². The highest BCUT2D eigenvalue weighted by atomic mass is 35.5. The molecule has 1 fully saturated rings. The SMILES string of the molecule is O=C(CC(F)(F)F)N[C@@]1(C(=O)NCc2ncc(Nc3c(F)cccc3C(F)(F)F)cc2Cl)CCOC1.